The molecule has 2 N–H and O–H groups in total. The van der Waals surface area contributed by atoms with Gasteiger partial charge in [0.2, 0.25) is 0 Å². The fourth-order valence-electron chi connectivity index (χ4n) is 2.13. The SMILES string of the molecule is CNc1ccc(C(=O)O[C@@H](C)C(=O)Nc2ccc(F)cc2Cl)cc1[N+](=O)[O-]. The Balaban J connectivity index is 2.09. The van der Waals surface area contributed by atoms with Gasteiger partial charge in [0.15, 0.2) is 6.10 Å². The number of nitrogens with zero attached hydrogens (tertiary/aromatic N) is 1. The van der Waals surface area contributed by atoms with Crippen molar-refractivity contribution in [1.29, 1.82) is 0 Å². The molecule has 0 aliphatic heterocycles. The molecule has 0 bridgehead atoms. The van der Waals surface area contributed by atoms with Crippen LogP contribution in [-0.2, 0) is 9.53 Å². The van der Waals surface area contributed by atoms with Crippen LogP contribution in [0.5, 0.6) is 0 Å². The van der Waals surface area contributed by atoms with Crippen LogP contribution in [0, 0.1) is 15.9 Å². The Bertz CT molecular complexity index is 906. The molecular formula is C17H15ClFN3O5. The van der Waals surface area contributed by atoms with Gasteiger partial charge in [0, 0.05) is 13.1 Å². The average molecular weight is 396 g/mol. The van der Waals surface area contributed by atoms with Crippen molar-refractivity contribution in [1.82, 2.24) is 0 Å². The molecule has 0 saturated heterocycles. The van der Waals surface area contributed by atoms with Crippen LogP contribution in [0.4, 0.5) is 21.5 Å². The summed E-state index contributed by atoms with van der Waals surface area (Å²) in [6.07, 6.45) is -1.22. The molecule has 0 spiro atoms. The molecule has 2 rings (SSSR count). The smallest absolute Gasteiger partial charge is 0.339 e. The van der Waals surface area contributed by atoms with E-state index >= 15 is 0 Å². The van der Waals surface area contributed by atoms with Crippen LogP contribution in [0.2, 0.25) is 5.02 Å². The Morgan fingerprint density at radius 3 is 2.48 bits per heavy atom. The predicted molar refractivity (Wildman–Crippen MR) is 97.6 cm³/mol. The van der Waals surface area contributed by atoms with E-state index in [0.29, 0.717) is 0 Å². The van der Waals surface area contributed by atoms with Crippen molar-refractivity contribution in [2.75, 3.05) is 17.7 Å². The van der Waals surface area contributed by atoms with Crippen molar-refractivity contribution >= 4 is 40.5 Å². The van der Waals surface area contributed by atoms with Gasteiger partial charge in [-0.1, -0.05) is 11.6 Å². The lowest BCUT2D eigenvalue weighted by Crippen LogP contribution is -2.30. The maximum Gasteiger partial charge on any atom is 0.339 e. The number of esters is 1. The summed E-state index contributed by atoms with van der Waals surface area (Å²) in [6.45, 7) is 1.32. The highest BCUT2D eigenvalue weighted by Gasteiger charge is 2.22. The van der Waals surface area contributed by atoms with Crippen molar-refractivity contribution in [2.24, 2.45) is 0 Å². The van der Waals surface area contributed by atoms with Crippen molar-refractivity contribution in [3.63, 3.8) is 0 Å². The Kier molecular flexibility index (Phi) is 6.30. The summed E-state index contributed by atoms with van der Waals surface area (Å²) in [6, 6.07) is 7.15. The van der Waals surface area contributed by atoms with E-state index < -0.39 is 28.7 Å². The molecule has 1 atom stereocenters. The lowest BCUT2D eigenvalue weighted by atomic mass is 10.1. The molecule has 0 saturated carbocycles. The predicted octanol–water partition coefficient (Wildman–Crippen LogP) is 3.61. The second-order valence-electron chi connectivity index (χ2n) is 5.40. The van der Waals surface area contributed by atoms with Gasteiger partial charge < -0.3 is 15.4 Å². The molecule has 1 amide bonds. The van der Waals surface area contributed by atoms with Crippen LogP contribution < -0.4 is 10.6 Å². The third-order valence-electron chi connectivity index (χ3n) is 3.54. The molecule has 27 heavy (non-hydrogen) atoms. The summed E-state index contributed by atoms with van der Waals surface area (Å²) in [7, 11) is 1.51. The number of nitro benzene ring substituents is 1. The number of amides is 1. The lowest BCUT2D eigenvalue weighted by molar-refractivity contribution is -0.384. The molecule has 0 radical (unpaired) electrons. The third-order valence-corrected chi connectivity index (χ3v) is 3.85. The minimum atomic E-state index is -1.22. The first-order valence-corrected chi connectivity index (χ1v) is 8.03. The summed E-state index contributed by atoms with van der Waals surface area (Å²) in [5.74, 6) is -2.17. The first-order chi connectivity index (χ1) is 12.7. The molecule has 0 heterocycles. The molecule has 10 heteroatoms. The van der Waals surface area contributed by atoms with Crippen LogP contribution in [0.1, 0.15) is 17.3 Å². The topological polar surface area (TPSA) is 111 Å². The van der Waals surface area contributed by atoms with Gasteiger partial charge in [0.1, 0.15) is 11.5 Å². The van der Waals surface area contributed by atoms with Crippen molar-refractivity contribution in [3.05, 3.63) is 62.9 Å². The van der Waals surface area contributed by atoms with Crippen LogP contribution in [0.3, 0.4) is 0 Å². The summed E-state index contributed by atoms with van der Waals surface area (Å²) >= 11 is 5.82. The van der Waals surface area contributed by atoms with E-state index in [9.17, 15) is 24.1 Å². The fraction of sp³-hybridized carbons (Fsp3) is 0.176. The van der Waals surface area contributed by atoms with E-state index in [1.807, 2.05) is 0 Å². The number of rotatable bonds is 6. The molecule has 8 nitrogen and oxygen atoms in total. The number of hydrogen-bond donors (Lipinski definition) is 2. The van der Waals surface area contributed by atoms with Gasteiger partial charge in [0.25, 0.3) is 11.6 Å². The van der Waals surface area contributed by atoms with E-state index in [-0.39, 0.29) is 27.6 Å². The van der Waals surface area contributed by atoms with Crippen LogP contribution >= 0.6 is 11.6 Å². The zero-order valence-corrected chi connectivity index (χ0v) is 15.0. The van der Waals surface area contributed by atoms with Gasteiger partial charge in [-0.05, 0) is 37.3 Å². The number of ether oxygens (including phenoxy) is 1. The van der Waals surface area contributed by atoms with Gasteiger partial charge in [-0.2, -0.15) is 0 Å². The van der Waals surface area contributed by atoms with E-state index in [0.717, 1.165) is 18.2 Å². The largest absolute Gasteiger partial charge is 0.449 e. The number of anilines is 2. The molecule has 0 aliphatic carbocycles. The van der Waals surface area contributed by atoms with Crippen LogP contribution in [0.15, 0.2) is 36.4 Å². The summed E-state index contributed by atoms with van der Waals surface area (Å²) in [5, 5.41) is 16.1. The van der Waals surface area contributed by atoms with Crippen molar-refractivity contribution in [3.8, 4) is 0 Å². The maximum atomic E-state index is 13.0. The number of carbonyl (C=O) groups is 2. The summed E-state index contributed by atoms with van der Waals surface area (Å²) in [4.78, 5) is 34.7. The number of hydrogen-bond acceptors (Lipinski definition) is 6. The fourth-order valence-corrected chi connectivity index (χ4v) is 2.34. The maximum absolute atomic E-state index is 13.0. The van der Waals surface area contributed by atoms with E-state index in [2.05, 4.69) is 10.6 Å². The lowest BCUT2D eigenvalue weighted by Gasteiger charge is -2.14. The zero-order valence-electron chi connectivity index (χ0n) is 14.3. The summed E-state index contributed by atoms with van der Waals surface area (Å²) in [5.41, 5.74) is -0.00409. The van der Waals surface area contributed by atoms with Gasteiger partial charge in [-0.15, -0.1) is 0 Å². The standard InChI is InChI=1S/C17H15ClFN3O5/c1-9(16(23)21-13-6-4-11(19)8-12(13)18)27-17(24)10-3-5-14(20-2)15(7-10)22(25)26/h3-9,20H,1-2H3,(H,21,23)/t9-/m0/s1. The highest BCUT2D eigenvalue weighted by Crippen LogP contribution is 2.26. The second-order valence-corrected chi connectivity index (χ2v) is 5.81. The summed E-state index contributed by atoms with van der Waals surface area (Å²) < 4.78 is 18.1. The molecule has 0 unspecified atom stereocenters. The number of nitro groups is 1. The van der Waals surface area contributed by atoms with Crippen LogP contribution in [-0.4, -0.2) is 30.0 Å². The molecule has 0 aliphatic rings. The third kappa shape index (κ3) is 4.91. The highest BCUT2D eigenvalue weighted by molar-refractivity contribution is 6.33. The normalized spacial score (nSPS) is 11.4. The number of carbonyl (C=O) groups excluding carboxylic acids is 2. The minimum Gasteiger partial charge on any atom is -0.449 e. The number of nitrogens with one attached hydrogen (secondary N) is 2. The van der Waals surface area contributed by atoms with E-state index in [4.69, 9.17) is 16.3 Å². The Morgan fingerprint density at radius 2 is 1.89 bits per heavy atom. The Morgan fingerprint density at radius 1 is 1.22 bits per heavy atom. The second kappa shape index (κ2) is 8.45. The Hall–Kier alpha value is -3.20. The monoisotopic (exact) mass is 395 g/mol. The molecule has 142 valence electrons. The average Bonchev–Trinajstić information content (AvgIpc) is 2.63. The first-order valence-electron chi connectivity index (χ1n) is 7.66. The Labute approximate surface area is 158 Å². The van der Waals surface area contributed by atoms with E-state index in [1.54, 1.807) is 0 Å². The van der Waals surface area contributed by atoms with Crippen molar-refractivity contribution < 1.29 is 23.6 Å². The van der Waals surface area contributed by atoms with Gasteiger partial charge in [0.05, 0.1) is 21.2 Å². The molecule has 0 fully saturated rings. The highest BCUT2D eigenvalue weighted by atomic mass is 35.5. The molecule has 2 aromatic rings. The van der Waals surface area contributed by atoms with Crippen LogP contribution in [0.25, 0.3) is 0 Å². The zero-order chi connectivity index (χ0) is 20.1. The van der Waals surface area contributed by atoms with E-state index in [1.165, 1.54) is 32.2 Å². The van der Waals surface area contributed by atoms with Gasteiger partial charge in [-0.25, -0.2) is 9.18 Å². The number of benzene rings is 2. The molecule has 0 aromatic heterocycles. The first kappa shape index (κ1) is 20.1. The van der Waals surface area contributed by atoms with Gasteiger partial charge >= 0.3 is 5.97 Å². The van der Waals surface area contributed by atoms with Crippen molar-refractivity contribution in [2.45, 2.75) is 13.0 Å². The molecule has 2 aromatic carbocycles. The number of halogens is 2. The molecular weight excluding hydrogens is 381 g/mol. The quantitative estimate of drug-likeness (QED) is 0.439. The van der Waals surface area contributed by atoms with Gasteiger partial charge in [-0.3, -0.25) is 14.9 Å². The minimum absolute atomic E-state index is 0.0137.